The number of benzene rings is 3. The van der Waals surface area contributed by atoms with E-state index in [1.54, 1.807) is 21.5 Å². The summed E-state index contributed by atoms with van der Waals surface area (Å²) >= 11 is 3.59. The van der Waals surface area contributed by atoms with Crippen molar-refractivity contribution >= 4 is 38.9 Å². The van der Waals surface area contributed by atoms with Crippen molar-refractivity contribution in [3.63, 3.8) is 0 Å². The van der Waals surface area contributed by atoms with Crippen molar-refractivity contribution in [2.45, 2.75) is 105 Å². The molecule has 2 aliphatic rings. The van der Waals surface area contributed by atoms with E-state index in [1.807, 2.05) is 106 Å². The van der Waals surface area contributed by atoms with Crippen LogP contribution < -0.4 is 42.3 Å². The maximum absolute atomic E-state index is 15.7. The van der Waals surface area contributed by atoms with Crippen LogP contribution >= 0.6 is 15.9 Å². The van der Waals surface area contributed by atoms with Crippen molar-refractivity contribution in [3.8, 4) is 0 Å². The number of hydrazine groups is 1. The quantitative estimate of drug-likeness (QED) is 0.0673. The van der Waals surface area contributed by atoms with E-state index in [0.29, 0.717) is 114 Å². The molecule has 400 valence electrons. The lowest BCUT2D eigenvalue weighted by molar-refractivity contribution is 0.203. The highest BCUT2D eigenvalue weighted by Crippen LogP contribution is 2.47. The van der Waals surface area contributed by atoms with Crippen LogP contribution in [0, 0.1) is 0 Å². The molecule has 0 spiro atoms. The molecule has 5 heterocycles. The zero-order valence-corrected chi connectivity index (χ0v) is 45.6. The van der Waals surface area contributed by atoms with Gasteiger partial charge >= 0.3 is 11.4 Å². The van der Waals surface area contributed by atoms with Gasteiger partial charge in [0.15, 0.2) is 11.6 Å². The van der Waals surface area contributed by atoms with Crippen LogP contribution in [0.1, 0.15) is 62.8 Å². The first kappa shape index (κ1) is 54.9. The van der Waals surface area contributed by atoms with Gasteiger partial charge in [-0.05, 0) is 85.3 Å². The largest absolute Gasteiger partial charge is 0.395 e. The highest BCUT2D eigenvalue weighted by Gasteiger charge is 2.52. The number of fused-ring (bicyclic) bond motifs is 2. The van der Waals surface area contributed by atoms with Crippen LogP contribution in [-0.2, 0) is 51.9 Å². The SMILES string of the molecule is CCCn1c(=O)c2c(n(CCc3ccccc3)c1=O)N(N1c3c(c(=O)n(CCC)c(=O)n3CCc3ccc(Br)cc3)N(CCN(CC)CCO)C1Cc1ccncc1)C(Cc1ccccc1)N2CCN(CC)CCO. The van der Waals surface area contributed by atoms with Crippen molar-refractivity contribution < 1.29 is 10.2 Å². The first-order valence-electron chi connectivity index (χ1n) is 26.8. The molecule has 8 rings (SSSR count). The van der Waals surface area contributed by atoms with Crippen LogP contribution in [0.15, 0.2) is 133 Å². The molecule has 3 aromatic carbocycles. The Labute approximate surface area is 448 Å². The molecule has 0 saturated carbocycles. The van der Waals surface area contributed by atoms with Crippen LogP contribution in [0.2, 0.25) is 0 Å². The number of hydrogen-bond donors (Lipinski definition) is 2. The maximum Gasteiger partial charge on any atom is 0.332 e. The summed E-state index contributed by atoms with van der Waals surface area (Å²) in [6.45, 7) is 12.6. The van der Waals surface area contributed by atoms with Crippen LogP contribution in [0.5, 0.6) is 0 Å². The Morgan fingerprint density at radius 2 is 0.907 bits per heavy atom. The van der Waals surface area contributed by atoms with Crippen LogP contribution in [-0.4, -0.2) is 121 Å². The van der Waals surface area contributed by atoms with Gasteiger partial charge < -0.3 is 20.0 Å². The Kier molecular flexibility index (Phi) is 19.0. The molecule has 0 saturated heterocycles. The smallest absolute Gasteiger partial charge is 0.332 e. The number of likely N-dealkylation sites (N-methyl/N-ethyl adjacent to an activating group) is 2. The number of pyridine rings is 1. The topological polar surface area (TPSA) is 161 Å². The molecule has 2 aliphatic heterocycles. The molecule has 0 bridgehead atoms. The minimum absolute atomic E-state index is 0.0372. The molecule has 17 nitrogen and oxygen atoms in total. The fourth-order valence-electron chi connectivity index (χ4n) is 10.8. The maximum atomic E-state index is 15.7. The molecule has 0 fully saturated rings. The van der Waals surface area contributed by atoms with Gasteiger partial charge in [0, 0.05) is 95.2 Å². The molecule has 0 aliphatic carbocycles. The predicted molar refractivity (Wildman–Crippen MR) is 302 cm³/mol. The number of halogens is 1. The Morgan fingerprint density at radius 1 is 0.493 bits per heavy atom. The first-order chi connectivity index (χ1) is 36.6. The van der Waals surface area contributed by atoms with Gasteiger partial charge in [-0.25, -0.2) is 19.6 Å². The summed E-state index contributed by atoms with van der Waals surface area (Å²) in [5, 5.41) is 24.6. The second-order valence-electron chi connectivity index (χ2n) is 19.3. The summed E-state index contributed by atoms with van der Waals surface area (Å²) in [6.07, 6.45) is 4.90. The number of nitrogens with zero attached hydrogens (tertiary/aromatic N) is 11. The van der Waals surface area contributed by atoms with Gasteiger partial charge in [-0.1, -0.05) is 116 Å². The van der Waals surface area contributed by atoms with Gasteiger partial charge in [0.25, 0.3) is 11.1 Å². The predicted octanol–water partition coefficient (Wildman–Crippen LogP) is 5.43. The van der Waals surface area contributed by atoms with E-state index in [1.165, 1.54) is 9.13 Å². The lowest BCUT2D eigenvalue weighted by Crippen LogP contribution is -2.61. The number of rotatable bonds is 27. The molecule has 2 unspecified atom stereocenters. The highest BCUT2D eigenvalue weighted by molar-refractivity contribution is 9.10. The van der Waals surface area contributed by atoms with Gasteiger partial charge in [-0.3, -0.25) is 42.6 Å². The van der Waals surface area contributed by atoms with E-state index >= 15 is 19.2 Å². The molecular weight excluding hydrogens is 1010 g/mol. The van der Waals surface area contributed by atoms with E-state index in [-0.39, 0.29) is 39.4 Å². The standard InChI is InChI=1S/C57H74BrN11O6/c1-5-29-66-54(72)50-52(64(56(66)74)31-25-43-15-11-9-12-16-43)68(48(41-45-17-13-10-14-18-45)62(50)35-33-60(7-3)37-39-70)69-49(42-46-23-27-59-28-24-46)63(36-34-61(8-4)38-40-71)51-53(69)65(57(75)67(30-6-2)55(51)73)32-26-44-19-21-47(58)22-20-44/h9-24,27-28,48-49,70-71H,5-8,25-26,29-42H2,1-4H3. The Morgan fingerprint density at radius 3 is 1.32 bits per heavy atom. The summed E-state index contributed by atoms with van der Waals surface area (Å²) in [7, 11) is 0. The van der Waals surface area contributed by atoms with Gasteiger partial charge in [-0.2, -0.15) is 0 Å². The van der Waals surface area contributed by atoms with Crippen LogP contribution in [0.3, 0.4) is 0 Å². The fourth-order valence-corrected chi connectivity index (χ4v) is 11.0. The molecule has 2 N–H and O–H groups in total. The molecule has 6 aromatic rings. The van der Waals surface area contributed by atoms with Crippen molar-refractivity contribution in [1.82, 2.24) is 33.1 Å². The zero-order valence-electron chi connectivity index (χ0n) is 44.0. The van der Waals surface area contributed by atoms with Crippen molar-refractivity contribution in [1.29, 1.82) is 0 Å². The summed E-state index contributed by atoms with van der Waals surface area (Å²) in [6, 6.07) is 32.1. The van der Waals surface area contributed by atoms with E-state index in [2.05, 4.69) is 69.6 Å². The summed E-state index contributed by atoms with van der Waals surface area (Å²) < 4.78 is 7.20. The summed E-state index contributed by atoms with van der Waals surface area (Å²) in [5.41, 5.74) is 2.94. The third-order valence-corrected chi connectivity index (χ3v) is 15.2. The van der Waals surface area contributed by atoms with Crippen molar-refractivity contribution in [2.24, 2.45) is 0 Å². The molecular formula is C57H74BrN11O6. The second-order valence-corrected chi connectivity index (χ2v) is 20.3. The molecule has 3 aromatic heterocycles. The normalized spacial score (nSPS) is 15.2. The Hall–Kier alpha value is -6.31. The number of aromatic nitrogens is 5. The van der Waals surface area contributed by atoms with E-state index < -0.39 is 34.8 Å². The molecule has 0 radical (unpaired) electrons. The average Bonchev–Trinajstić information content (AvgIpc) is 3.97. The minimum Gasteiger partial charge on any atom is -0.395 e. The van der Waals surface area contributed by atoms with Crippen molar-refractivity contribution in [3.05, 3.63) is 178 Å². The Balaban J connectivity index is 1.49. The lowest BCUT2D eigenvalue weighted by Gasteiger charge is -2.44. The number of aliphatic hydroxyl groups is 2. The van der Waals surface area contributed by atoms with E-state index in [4.69, 9.17) is 0 Å². The van der Waals surface area contributed by atoms with Gasteiger partial charge in [-0.15, -0.1) is 0 Å². The van der Waals surface area contributed by atoms with Gasteiger partial charge in [0.05, 0.1) is 13.2 Å². The van der Waals surface area contributed by atoms with Crippen molar-refractivity contribution in [2.75, 3.05) is 85.4 Å². The third-order valence-electron chi connectivity index (χ3n) is 14.6. The summed E-state index contributed by atoms with van der Waals surface area (Å²) in [5.74, 6) is 0.784. The molecule has 75 heavy (non-hydrogen) atoms. The second kappa shape index (κ2) is 26.0. The number of hydrogen-bond acceptors (Lipinski definition) is 13. The lowest BCUT2D eigenvalue weighted by atomic mass is 10.1. The number of anilines is 4. The number of aliphatic hydroxyl groups excluding tert-OH is 2. The molecule has 18 heteroatoms. The Bertz CT molecular complexity index is 3040. The van der Waals surface area contributed by atoms with Crippen LogP contribution in [0.25, 0.3) is 0 Å². The minimum atomic E-state index is -0.693. The van der Waals surface area contributed by atoms with E-state index in [0.717, 1.165) is 26.7 Å². The monoisotopic (exact) mass is 1090 g/mol. The molecule has 2 atom stereocenters. The number of aryl methyl sites for hydroxylation is 2. The fraction of sp³-hybridized carbons (Fsp3) is 0.456. The third kappa shape index (κ3) is 12.1. The van der Waals surface area contributed by atoms with E-state index in [9.17, 15) is 10.2 Å². The van der Waals surface area contributed by atoms with Crippen LogP contribution in [0.4, 0.5) is 23.0 Å². The average molecular weight is 1090 g/mol. The zero-order chi connectivity index (χ0) is 53.0. The van der Waals surface area contributed by atoms with Gasteiger partial charge in [0.2, 0.25) is 0 Å². The highest BCUT2D eigenvalue weighted by atomic mass is 79.9. The first-order valence-corrected chi connectivity index (χ1v) is 27.6. The van der Waals surface area contributed by atoms with Gasteiger partial charge in [0.1, 0.15) is 23.7 Å². The summed E-state index contributed by atoms with van der Waals surface area (Å²) in [4.78, 5) is 75.3. The molecule has 0 amide bonds.